The summed E-state index contributed by atoms with van der Waals surface area (Å²) in [6.45, 7) is 3.15. The number of halogens is 3. The van der Waals surface area contributed by atoms with Crippen molar-refractivity contribution in [1.82, 2.24) is 20.4 Å². The Bertz CT molecular complexity index is 1470. The second kappa shape index (κ2) is 13.1. The van der Waals surface area contributed by atoms with Crippen LogP contribution in [0.4, 0.5) is 23.7 Å². The Morgan fingerprint density at radius 2 is 1.60 bits per heavy atom. The predicted octanol–water partition coefficient (Wildman–Crippen LogP) is 4.52. The highest BCUT2D eigenvalue weighted by molar-refractivity contribution is 5.96. The first-order chi connectivity index (χ1) is 20.2. The molecule has 3 N–H and O–H groups in total. The minimum absolute atomic E-state index is 0.0168. The fraction of sp³-hybridized carbons (Fsp3) is 0.323. The Labute approximate surface area is 241 Å². The lowest BCUT2D eigenvalue weighted by atomic mass is 10.1. The average molecular weight is 580 g/mol. The summed E-state index contributed by atoms with van der Waals surface area (Å²) in [6, 6.07) is 13.9. The summed E-state index contributed by atoms with van der Waals surface area (Å²) in [7, 11) is 0. The monoisotopic (exact) mass is 579 g/mol. The molecule has 220 valence electrons. The van der Waals surface area contributed by atoms with Crippen molar-refractivity contribution in [3.8, 4) is 0 Å². The van der Waals surface area contributed by atoms with Gasteiger partial charge in [-0.1, -0.05) is 18.2 Å². The van der Waals surface area contributed by atoms with Gasteiger partial charge >= 0.3 is 6.03 Å². The molecule has 0 atom stereocenters. The van der Waals surface area contributed by atoms with E-state index in [0.717, 1.165) is 36.6 Å². The van der Waals surface area contributed by atoms with Crippen LogP contribution >= 0.6 is 0 Å². The van der Waals surface area contributed by atoms with Gasteiger partial charge in [0, 0.05) is 68.6 Å². The summed E-state index contributed by atoms with van der Waals surface area (Å²) in [5.41, 5.74) is 1.74. The quantitative estimate of drug-likeness (QED) is 0.348. The zero-order chi connectivity index (χ0) is 29.6. The van der Waals surface area contributed by atoms with Gasteiger partial charge < -0.3 is 20.9 Å². The number of urea groups is 1. The standard InChI is InChI=1S/C31H32F3N5O3/c32-25-8-6-24(26(33)16-25)18-35-29(40)22-3-1-2-21(14-22)19-38-10-12-39(13-11-38)30(41)23-7-9-28(27(34)15-23)37-31(42)36-17-20-4-5-20/h1-3,6-9,14-16,20H,4-5,10-13,17-19H2,(H,35,40)(H2,36,37,42). The lowest BCUT2D eigenvalue weighted by Crippen LogP contribution is -2.48. The minimum atomic E-state index is -0.718. The number of carbonyl (C=O) groups is 3. The molecule has 1 saturated heterocycles. The summed E-state index contributed by atoms with van der Waals surface area (Å²) in [5.74, 6) is -2.22. The maximum Gasteiger partial charge on any atom is 0.319 e. The molecule has 0 bridgehead atoms. The number of carbonyl (C=O) groups excluding carboxylic acids is 3. The summed E-state index contributed by atoms with van der Waals surface area (Å²) in [4.78, 5) is 41.4. The molecule has 4 amide bonds. The molecule has 0 unspecified atom stereocenters. The molecule has 42 heavy (non-hydrogen) atoms. The first-order valence-corrected chi connectivity index (χ1v) is 13.9. The summed E-state index contributed by atoms with van der Waals surface area (Å²) < 4.78 is 41.6. The van der Waals surface area contributed by atoms with Gasteiger partial charge in [0.2, 0.25) is 0 Å². The fourth-order valence-electron chi connectivity index (χ4n) is 4.78. The van der Waals surface area contributed by atoms with Crippen LogP contribution in [0.3, 0.4) is 0 Å². The second-order valence-corrected chi connectivity index (χ2v) is 10.7. The normalized spacial score (nSPS) is 15.3. The molecule has 1 saturated carbocycles. The van der Waals surface area contributed by atoms with E-state index in [1.807, 2.05) is 6.07 Å². The minimum Gasteiger partial charge on any atom is -0.348 e. The van der Waals surface area contributed by atoms with Crippen molar-refractivity contribution in [3.63, 3.8) is 0 Å². The highest BCUT2D eigenvalue weighted by atomic mass is 19.1. The highest BCUT2D eigenvalue weighted by Crippen LogP contribution is 2.27. The molecule has 1 heterocycles. The van der Waals surface area contributed by atoms with Crippen LogP contribution in [0.5, 0.6) is 0 Å². The summed E-state index contributed by atoms with van der Waals surface area (Å²) in [6.07, 6.45) is 2.19. The van der Waals surface area contributed by atoms with E-state index in [4.69, 9.17) is 0 Å². The SMILES string of the molecule is O=C(NCC1CC1)Nc1ccc(C(=O)N2CCN(Cc3cccc(C(=O)NCc4ccc(F)cc4F)c3)CC2)cc1F. The Balaban J connectivity index is 1.09. The van der Waals surface area contributed by atoms with Crippen LogP contribution in [0.25, 0.3) is 0 Å². The van der Waals surface area contributed by atoms with Crippen molar-refractivity contribution in [2.75, 3.05) is 38.0 Å². The molecule has 0 spiro atoms. The number of hydrogen-bond acceptors (Lipinski definition) is 4. The Morgan fingerprint density at radius 1 is 0.810 bits per heavy atom. The number of nitrogens with zero attached hydrogens (tertiary/aromatic N) is 2. The number of benzene rings is 3. The summed E-state index contributed by atoms with van der Waals surface area (Å²) in [5, 5.41) is 7.86. The van der Waals surface area contributed by atoms with Gasteiger partial charge in [0.25, 0.3) is 11.8 Å². The number of rotatable bonds is 9. The van der Waals surface area contributed by atoms with Crippen LogP contribution < -0.4 is 16.0 Å². The van der Waals surface area contributed by atoms with Gasteiger partial charge in [0.1, 0.15) is 17.5 Å². The molecular weight excluding hydrogens is 547 g/mol. The van der Waals surface area contributed by atoms with Crippen LogP contribution in [0, 0.1) is 23.4 Å². The number of anilines is 1. The molecule has 8 nitrogen and oxygen atoms in total. The average Bonchev–Trinajstić information content (AvgIpc) is 3.81. The van der Waals surface area contributed by atoms with E-state index in [-0.39, 0.29) is 35.2 Å². The molecule has 0 radical (unpaired) electrons. The van der Waals surface area contributed by atoms with Crippen LogP contribution in [-0.4, -0.2) is 60.4 Å². The zero-order valence-electron chi connectivity index (χ0n) is 23.0. The maximum atomic E-state index is 14.6. The molecular formula is C31H32F3N5O3. The van der Waals surface area contributed by atoms with Crippen molar-refractivity contribution in [2.45, 2.75) is 25.9 Å². The fourth-order valence-corrected chi connectivity index (χ4v) is 4.78. The predicted molar refractivity (Wildman–Crippen MR) is 151 cm³/mol. The van der Waals surface area contributed by atoms with Gasteiger partial charge in [-0.05, 0) is 60.7 Å². The first kappa shape index (κ1) is 29.1. The number of piperazine rings is 1. The lowest BCUT2D eigenvalue weighted by molar-refractivity contribution is 0.0627. The topological polar surface area (TPSA) is 93.8 Å². The van der Waals surface area contributed by atoms with Crippen LogP contribution in [0.15, 0.2) is 60.7 Å². The Hall–Kier alpha value is -4.38. The Morgan fingerprint density at radius 3 is 2.31 bits per heavy atom. The van der Waals surface area contributed by atoms with Gasteiger partial charge in [-0.25, -0.2) is 18.0 Å². The number of hydrogen-bond donors (Lipinski definition) is 3. The summed E-state index contributed by atoms with van der Waals surface area (Å²) >= 11 is 0. The van der Waals surface area contributed by atoms with Gasteiger partial charge in [0.05, 0.1) is 5.69 Å². The molecule has 2 fully saturated rings. The zero-order valence-corrected chi connectivity index (χ0v) is 23.0. The van der Waals surface area contributed by atoms with Gasteiger partial charge in [-0.3, -0.25) is 14.5 Å². The second-order valence-electron chi connectivity index (χ2n) is 10.7. The molecule has 3 aromatic rings. The Kier molecular flexibility index (Phi) is 9.06. The molecule has 0 aromatic heterocycles. The number of amides is 4. The van der Waals surface area contributed by atoms with E-state index >= 15 is 0 Å². The van der Waals surface area contributed by atoms with Crippen LogP contribution in [0.1, 0.15) is 44.7 Å². The third kappa shape index (κ3) is 7.67. The van der Waals surface area contributed by atoms with Crippen molar-refractivity contribution in [2.24, 2.45) is 5.92 Å². The third-order valence-corrected chi connectivity index (χ3v) is 7.42. The van der Waals surface area contributed by atoms with Gasteiger partial charge in [0.15, 0.2) is 0 Å². The number of nitrogens with one attached hydrogen (secondary N) is 3. The molecule has 3 aromatic carbocycles. The van der Waals surface area contributed by atoms with Crippen LogP contribution in [-0.2, 0) is 13.1 Å². The van der Waals surface area contributed by atoms with E-state index in [9.17, 15) is 27.6 Å². The van der Waals surface area contributed by atoms with E-state index in [2.05, 4.69) is 20.9 Å². The highest BCUT2D eigenvalue weighted by Gasteiger charge is 2.24. The first-order valence-electron chi connectivity index (χ1n) is 13.9. The van der Waals surface area contributed by atoms with E-state index in [1.165, 1.54) is 18.2 Å². The van der Waals surface area contributed by atoms with Crippen molar-refractivity contribution >= 4 is 23.5 Å². The van der Waals surface area contributed by atoms with Crippen molar-refractivity contribution < 1.29 is 27.6 Å². The van der Waals surface area contributed by atoms with Crippen LogP contribution in [0.2, 0.25) is 0 Å². The van der Waals surface area contributed by atoms with Crippen molar-refractivity contribution in [3.05, 3.63) is 100 Å². The van der Waals surface area contributed by atoms with E-state index in [1.54, 1.807) is 23.1 Å². The largest absolute Gasteiger partial charge is 0.348 e. The smallest absolute Gasteiger partial charge is 0.319 e. The molecule has 11 heteroatoms. The molecule has 2 aliphatic rings. The lowest BCUT2D eigenvalue weighted by Gasteiger charge is -2.35. The van der Waals surface area contributed by atoms with E-state index in [0.29, 0.717) is 50.7 Å². The van der Waals surface area contributed by atoms with Gasteiger partial charge in [-0.15, -0.1) is 0 Å². The molecule has 1 aliphatic heterocycles. The van der Waals surface area contributed by atoms with E-state index < -0.39 is 23.5 Å². The molecule has 5 rings (SSSR count). The molecule has 1 aliphatic carbocycles. The van der Waals surface area contributed by atoms with Crippen molar-refractivity contribution in [1.29, 1.82) is 0 Å². The van der Waals surface area contributed by atoms with Gasteiger partial charge in [-0.2, -0.15) is 0 Å². The maximum absolute atomic E-state index is 14.6. The third-order valence-electron chi connectivity index (χ3n) is 7.42.